The molecule has 3 nitrogen and oxygen atoms in total. The number of ketones is 1. The van der Waals surface area contributed by atoms with Gasteiger partial charge in [-0.05, 0) is 17.2 Å². The molecule has 0 aliphatic rings. The summed E-state index contributed by atoms with van der Waals surface area (Å²) in [5, 5.41) is 21.9. The minimum Gasteiger partial charge on any atom is -0.507 e. The first kappa shape index (κ1) is 17.6. The van der Waals surface area contributed by atoms with Crippen molar-refractivity contribution in [2.45, 2.75) is 0 Å². The molecule has 0 spiro atoms. The van der Waals surface area contributed by atoms with Crippen molar-refractivity contribution in [3.63, 3.8) is 0 Å². The van der Waals surface area contributed by atoms with Gasteiger partial charge in [-0.25, -0.2) is 0 Å². The van der Waals surface area contributed by atoms with E-state index in [9.17, 15) is 15.0 Å². The molecule has 0 atom stereocenters. The molecule has 3 heteroatoms. The van der Waals surface area contributed by atoms with Crippen LogP contribution in [-0.4, -0.2) is 16.0 Å². The number of phenolic OH excluding ortho intramolecular Hbond substituents is 2. The maximum absolute atomic E-state index is 13.1. The first-order valence-electron chi connectivity index (χ1n) is 8.96. The first-order valence-corrected chi connectivity index (χ1v) is 8.96. The van der Waals surface area contributed by atoms with Crippen LogP contribution in [0.15, 0.2) is 97.1 Å². The molecule has 0 aromatic heterocycles. The van der Waals surface area contributed by atoms with Gasteiger partial charge in [-0.3, -0.25) is 4.79 Å². The van der Waals surface area contributed by atoms with Gasteiger partial charge in [0.1, 0.15) is 11.5 Å². The lowest BCUT2D eigenvalue weighted by Gasteiger charge is -2.16. The van der Waals surface area contributed by atoms with Crippen LogP contribution >= 0.6 is 0 Å². The normalized spacial score (nSPS) is 10.6. The number of carbonyl (C=O) groups excluding carboxylic acids is 1. The summed E-state index contributed by atoms with van der Waals surface area (Å²) in [7, 11) is 0. The molecule has 0 bridgehead atoms. The summed E-state index contributed by atoms with van der Waals surface area (Å²) in [5.74, 6) is -0.579. The molecule has 0 unspecified atom stereocenters. The second-order valence-electron chi connectivity index (χ2n) is 6.47. The SMILES string of the molecule is O=C(c1ccccc1)c1cc(-c2ccccc2)c(O)c(-c2ccccc2)c1O. The third-order valence-electron chi connectivity index (χ3n) is 4.70. The smallest absolute Gasteiger partial charge is 0.196 e. The van der Waals surface area contributed by atoms with Crippen molar-refractivity contribution < 1.29 is 15.0 Å². The molecular formula is C25H18O3. The second-order valence-corrected chi connectivity index (χ2v) is 6.47. The molecule has 0 saturated carbocycles. The Kier molecular flexibility index (Phi) is 4.65. The number of rotatable bonds is 4. The lowest BCUT2D eigenvalue weighted by molar-refractivity contribution is 0.103. The standard InChI is InChI=1S/C25H18O3/c26-23(19-14-8-3-9-15-19)21-16-20(17-10-4-1-5-11-17)24(27)22(25(21)28)18-12-6-2-7-13-18/h1-16,27-28H. The summed E-state index contributed by atoms with van der Waals surface area (Å²) in [6.07, 6.45) is 0. The van der Waals surface area contributed by atoms with E-state index < -0.39 is 0 Å². The van der Waals surface area contributed by atoms with Crippen molar-refractivity contribution in [1.29, 1.82) is 0 Å². The summed E-state index contributed by atoms with van der Waals surface area (Å²) >= 11 is 0. The van der Waals surface area contributed by atoms with Crippen molar-refractivity contribution in [3.8, 4) is 33.8 Å². The third kappa shape index (κ3) is 3.14. The Morgan fingerprint density at radius 1 is 0.607 bits per heavy atom. The topological polar surface area (TPSA) is 57.5 Å². The van der Waals surface area contributed by atoms with E-state index in [0.717, 1.165) is 5.56 Å². The van der Waals surface area contributed by atoms with Gasteiger partial charge in [-0.2, -0.15) is 0 Å². The van der Waals surface area contributed by atoms with Crippen molar-refractivity contribution in [2.75, 3.05) is 0 Å². The molecule has 0 fully saturated rings. The van der Waals surface area contributed by atoms with E-state index in [2.05, 4.69) is 0 Å². The maximum Gasteiger partial charge on any atom is 0.196 e. The molecule has 4 aromatic carbocycles. The van der Waals surface area contributed by atoms with Crippen LogP contribution in [0.3, 0.4) is 0 Å². The van der Waals surface area contributed by atoms with Gasteiger partial charge in [0.25, 0.3) is 0 Å². The molecule has 2 N–H and O–H groups in total. The zero-order valence-electron chi connectivity index (χ0n) is 15.0. The zero-order valence-corrected chi connectivity index (χ0v) is 15.0. The van der Waals surface area contributed by atoms with Gasteiger partial charge in [0.05, 0.1) is 11.1 Å². The molecule has 0 aliphatic carbocycles. The summed E-state index contributed by atoms with van der Waals surface area (Å²) in [6.45, 7) is 0. The van der Waals surface area contributed by atoms with Crippen LogP contribution in [0.2, 0.25) is 0 Å². The van der Waals surface area contributed by atoms with E-state index >= 15 is 0 Å². The Hall–Kier alpha value is -3.85. The van der Waals surface area contributed by atoms with Gasteiger partial charge >= 0.3 is 0 Å². The van der Waals surface area contributed by atoms with E-state index in [1.807, 2.05) is 54.6 Å². The Bertz CT molecular complexity index is 1120. The first-order chi connectivity index (χ1) is 13.7. The fraction of sp³-hybridized carbons (Fsp3) is 0. The van der Waals surface area contributed by atoms with Crippen LogP contribution in [0, 0.1) is 0 Å². The van der Waals surface area contributed by atoms with Crippen LogP contribution in [0.1, 0.15) is 15.9 Å². The Morgan fingerprint density at radius 2 is 1.11 bits per heavy atom. The van der Waals surface area contributed by atoms with Gasteiger partial charge < -0.3 is 10.2 Å². The third-order valence-corrected chi connectivity index (χ3v) is 4.70. The van der Waals surface area contributed by atoms with Crippen LogP contribution in [0.25, 0.3) is 22.3 Å². The summed E-state index contributed by atoms with van der Waals surface area (Å²) < 4.78 is 0. The minimum atomic E-state index is -0.299. The fourth-order valence-electron chi connectivity index (χ4n) is 3.30. The number of phenols is 2. The monoisotopic (exact) mass is 366 g/mol. The maximum atomic E-state index is 13.1. The Morgan fingerprint density at radius 3 is 1.68 bits per heavy atom. The molecule has 4 rings (SSSR count). The lowest BCUT2D eigenvalue weighted by Crippen LogP contribution is -2.03. The van der Waals surface area contributed by atoms with Crippen LogP contribution in [0.4, 0.5) is 0 Å². The number of aromatic hydroxyl groups is 2. The minimum absolute atomic E-state index is 0.0560. The van der Waals surface area contributed by atoms with Gasteiger partial charge in [-0.1, -0.05) is 91.0 Å². The van der Waals surface area contributed by atoms with Crippen LogP contribution < -0.4 is 0 Å². The number of benzene rings is 4. The van der Waals surface area contributed by atoms with Gasteiger partial charge in [0.2, 0.25) is 0 Å². The molecule has 136 valence electrons. The highest BCUT2D eigenvalue weighted by atomic mass is 16.3. The van der Waals surface area contributed by atoms with Crippen LogP contribution in [0.5, 0.6) is 11.5 Å². The number of hydrogen-bond donors (Lipinski definition) is 2. The quantitative estimate of drug-likeness (QED) is 0.458. The van der Waals surface area contributed by atoms with Crippen LogP contribution in [-0.2, 0) is 0 Å². The Labute approximate surface area is 163 Å². The van der Waals surface area contributed by atoms with Crippen molar-refractivity contribution in [3.05, 3.63) is 108 Å². The number of carbonyl (C=O) groups is 1. The summed E-state index contributed by atoms with van der Waals surface area (Å²) in [5.41, 5.74) is 2.78. The second kappa shape index (κ2) is 7.41. The van der Waals surface area contributed by atoms with Gasteiger partial charge in [-0.15, -0.1) is 0 Å². The highest BCUT2D eigenvalue weighted by molar-refractivity contribution is 6.13. The lowest BCUT2D eigenvalue weighted by atomic mass is 9.90. The largest absolute Gasteiger partial charge is 0.507 e. The van der Waals surface area contributed by atoms with Gasteiger partial charge in [0.15, 0.2) is 5.78 Å². The van der Waals surface area contributed by atoms with E-state index in [0.29, 0.717) is 16.7 Å². The van der Waals surface area contributed by atoms with E-state index in [-0.39, 0.29) is 28.4 Å². The highest BCUT2D eigenvalue weighted by Gasteiger charge is 2.23. The van der Waals surface area contributed by atoms with Crippen molar-refractivity contribution in [1.82, 2.24) is 0 Å². The summed E-state index contributed by atoms with van der Waals surface area (Å²) in [6, 6.07) is 28.8. The predicted octanol–water partition coefficient (Wildman–Crippen LogP) is 5.66. The molecule has 0 saturated heterocycles. The van der Waals surface area contributed by atoms with Crippen molar-refractivity contribution >= 4 is 5.78 Å². The molecule has 0 heterocycles. The van der Waals surface area contributed by atoms with E-state index in [1.54, 1.807) is 42.5 Å². The van der Waals surface area contributed by atoms with Crippen molar-refractivity contribution in [2.24, 2.45) is 0 Å². The molecular weight excluding hydrogens is 348 g/mol. The summed E-state index contributed by atoms with van der Waals surface area (Å²) in [4.78, 5) is 13.1. The van der Waals surface area contributed by atoms with Gasteiger partial charge in [0, 0.05) is 11.1 Å². The highest BCUT2D eigenvalue weighted by Crippen LogP contribution is 2.46. The molecule has 28 heavy (non-hydrogen) atoms. The zero-order chi connectivity index (χ0) is 19.5. The Balaban J connectivity index is 2.00. The average Bonchev–Trinajstić information content (AvgIpc) is 2.75. The van der Waals surface area contributed by atoms with E-state index in [4.69, 9.17) is 0 Å². The molecule has 0 amide bonds. The molecule has 0 aliphatic heterocycles. The average molecular weight is 366 g/mol. The fourth-order valence-corrected chi connectivity index (χ4v) is 3.30. The van der Waals surface area contributed by atoms with E-state index in [1.165, 1.54) is 0 Å². The molecule has 0 radical (unpaired) electrons. The molecule has 4 aromatic rings. The predicted molar refractivity (Wildman–Crippen MR) is 111 cm³/mol. The number of hydrogen-bond acceptors (Lipinski definition) is 3.